The van der Waals surface area contributed by atoms with E-state index in [1.54, 1.807) is 13.0 Å². The Labute approximate surface area is 118 Å². The van der Waals surface area contributed by atoms with Crippen molar-refractivity contribution in [2.24, 2.45) is 5.73 Å². The maximum Gasteiger partial charge on any atom is 0.330 e. The highest BCUT2D eigenvalue weighted by Crippen LogP contribution is 2.02. The topological polar surface area (TPSA) is 78.6 Å². The largest absolute Gasteiger partial charge is 0.461 e. The van der Waals surface area contributed by atoms with Gasteiger partial charge in [-0.2, -0.15) is 0 Å². The maximum absolute atomic E-state index is 11.6. The van der Waals surface area contributed by atoms with Crippen LogP contribution in [0, 0.1) is 0 Å². The minimum Gasteiger partial charge on any atom is -0.461 e. The summed E-state index contributed by atoms with van der Waals surface area (Å²) < 4.78 is 9.73. The van der Waals surface area contributed by atoms with Crippen LogP contribution in [-0.2, 0) is 25.5 Å². The molecule has 0 saturated carbocycles. The predicted molar refractivity (Wildman–Crippen MR) is 74.9 cm³/mol. The van der Waals surface area contributed by atoms with Gasteiger partial charge in [0, 0.05) is 6.08 Å². The minimum atomic E-state index is -0.719. The summed E-state index contributed by atoms with van der Waals surface area (Å²) in [6.07, 6.45) is 3.28. The van der Waals surface area contributed by atoms with Crippen LogP contribution in [0.1, 0.15) is 12.5 Å². The highest BCUT2D eigenvalue weighted by molar-refractivity contribution is 5.81. The molecular weight excluding hydrogens is 258 g/mol. The Hall–Kier alpha value is -2.14. The molecule has 5 nitrogen and oxygen atoms in total. The third kappa shape index (κ3) is 6.15. The second kappa shape index (κ2) is 8.87. The highest BCUT2D eigenvalue weighted by Gasteiger charge is 2.15. The van der Waals surface area contributed by atoms with E-state index in [1.807, 2.05) is 30.3 Å². The van der Waals surface area contributed by atoms with Gasteiger partial charge < -0.3 is 15.2 Å². The van der Waals surface area contributed by atoms with Crippen molar-refractivity contribution in [3.8, 4) is 0 Å². The van der Waals surface area contributed by atoms with Crippen molar-refractivity contribution >= 4 is 11.9 Å². The fraction of sp³-hybridized carbons (Fsp3) is 0.333. The van der Waals surface area contributed by atoms with E-state index < -0.39 is 18.0 Å². The molecule has 0 amide bonds. The van der Waals surface area contributed by atoms with Gasteiger partial charge in [0.15, 0.2) is 0 Å². The molecule has 108 valence electrons. The van der Waals surface area contributed by atoms with Gasteiger partial charge in [-0.05, 0) is 18.9 Å². The molecule has 0 saturated heterocycles. The van der Waals surface area contributed by atoms with Crippen LogP contribution in [-0.4, -0.2) is 31.2 Å². The summed E-state index contributed by atoms with van der Waals surface area (Å²) >= 11 is 0. The first-order chi connectivity index (χ1) is 9.63. The molecule has 1 aromatic carbocycles. The molecule has 2 N–H and O–H groups in total. The third-order valence-corrected chi connectivity index (χ3v) is 2.48. The van der Waals surface area contributed by atoms with Gasteiger partial charge in [-0.3, -0.25) is 4.79 Å². The van der Waals surface area contributed by atoms with Crippen LogP contribution in [0.4, 0.5) is 0 Å². The van der Waals surface area contributed by atoms with Crippen LogP contribution in [0.15, 0.2) is 42.5 Å². The molecule has 1 atom stereocenters. The number of rotatable bonds is 7. The highest BCUT2D eigenvalue weighted by atomic mass is 16.6. The quantitative estimate of drug-likeness (QED) is 0.460. The standard InChI is InChI=1S/C15H19NO4/c1-2-6-14(17)19-9-10-20-15(18)13(16)11-12-7-4-3-5-8-12/h2-8,13H,9-11,16H2,1H3. The summed E-state index contributed by atoms with van der Waals surface area (Å²) in [6, 6.07) is 8.73. The molecule has 0 heterocycles. The lowest BCUT2D eigenvalue weighted by atomic mass is 10.1. The molecule has 0 fully saturated rings. The van der Waals surface area contributed by atoms with Crippen LogP contribution >= 0.6 is 0 Å². The first-order valence-electron chi connectivity index (χ1n) is 6.39. The number of ether oxygens (including phenoxy) is 2. The molecule has 0 bridgehead atoms. The Kier molecular flexibility index (Phi) is 7.06. The second-order valence-electron chi connectivity index (χ2n) is 4.13. The fourth-order valence-corrected chi connectivity index (χ4v) is 1.53. The van der Waals surface area contributed by atoms with Gasteiger partial charge in [0.1, 0.15) is 19.3 Å². The van der Waals surface area contributed by atoms with E-state index in [9.17, 15) is 9.59 Å². The Morgan fingerprint density at radius 3 is 2.50 bits per heavy atom. The van der Waals surface area contributed by atoms with Crippen LogP contribution in [0.25, 0.3) is 0 Å². The third-order valence-electron chi connectivity index (χ3n) is 2.48. The Morgan fingerprint density at radius 2 is 1.85 bits per heavy atom. The number of hydrogen-bond acceptors (Lipinski definition) is 5. The van der Waals surface area contributed by atoms with Crippen molar-refractivity contribution in [3.63, 3.8) is 0 Å². The number of allylic oxidation sites excluding steroid dienone is 1. The predicted octanol–water partition coefficient (Wildman–Crippen LogP) is 1.22. The summed E-state index contributed by atoms with van der Waals surface area (Å²) in [5.74, 6) is -0.965. The molecule has 0 aromatic heterocycles. The maximum atomic E-state index is 11.6. The van der Waals surface area contributed by atoms with Gasteiger partial charge in [-0.1, -0.05) is 36.4 Å². The van der Waals surface area contributed by atoms with Gasteiger partial charge in [0.05, 0.1) is 0 Å². The number of hydrogen-bond donors (Lipinski definition) is 1. The summed E-state index contributed by atoms with van der Waals surface area (Å²) in [6.45, 7) is 1.74. The van der Waals surface area contributed by atoms with Gasteiger partial charge in [-0.15, -0.1) is 0 Å². The van der Waals surface area contributed by atoms with Crippen molar-refractivity contribution in [2.75, 3.05) is 13.2 Å². The average molecular weight is 277 g/mol. The van der Waals surface area contributed by atoms with Crippen molar-refractivity contribution < 1.29 is 19.1 Å². The first kappa shape index (κ1) is 15.9. The Morgan fingerprint density at radius 1 is 1.20 bits per heavy atom. The molecule has 20 heavy (non-hydrogen) atoms. The molecule has 0 aliphatic heterocycles. The molecule has 1 aromatic rings. The summed E-state index contributed by atoms with van der Waals surface area (Å²) in [4.78, 5) is 22.6. The van der Waals surface area contributed by atoms with Crippen LogP contribution < -0.4 is 5.73 Å². The molecule has 0 spiro atoms. The van der Waals surface area contributed by atoms with Gasteiger partial charge in [0.2, 0.25) is 0 Å². The van der Waals surface area contributed by atoms with Crippen LogP contribution in [0.3, 0.4) is 0 Å². The van der Waals surface area contributed by atoms with E-state index in [4.69, 9.17) is 15.2 Å². The number of esters is 2. The van der Waals surface area contributed by atoms with E-state index in [2.05, 4.69) is 0 Å². The monoisotopic (exact) mass is 277 g/mol. The van der Waals surface area contributed by atoms with E-state index in [1.165, 1.54) is 6.08 Å². The van der Waals surface area contributed by atoms with Gasteiger partial charge >= 0.3 is 11.9 Å². The van der Waals surface area contributed by atoms with E-state index in [0.717, 1.165) is 5.56 Å². The lowest BCUT2D eigenvalue weighted by Gasteiger charge is -2.11. The number of carbonyl (C=O) groups excluding carboxylic acids is 2. The zero-order chi connectivity index (χ0) is 14.8. The lowest BCUT2D eigenvalue weighted by molar-refractivity contribution is -0.150. The zero-order valence-corrected chi connectivity index (χ0v) is 11.5. The first-order valence-corrected chi connectivity index (χ1v) is 6.39. The molecule has 0 radical (unpaired) electrons. The minimum absolute atomic E-state index is 0.00458. The number of benzene rings is 1. The van der Waals surface area contributed by atoms with E-state index in [-0.39, 0.29) is 13.2 Å². The smallest absolute Gasteiger partial charge is 0.330 e. The summed E-state index contributed by atoms with van der Waals surface area (Å²) in [5.41, 5.74) is 6.71. The SMILES string of the molecule is CC=CC(=O)OCCOC(=O)C(N)Cc1ccccc1. The molecule has 0 aliphatic carbocycles. The average Bonchev–Trinajstić information content (AvgIpc) is 2.44. The van der Waals surface area contributed by atoms with Crippen molar-refractivity contribution in [3.05, 3.63) is 48.0 Å². The summed E-state index contributed by atoms with van der Waals surface area (Å²) in [7, 11) is 0. The normalized spacial score (nSPS) is 12.1. The van der Waals surface area contributed by atoms with E-state index >= 15 is 0 Å². The molecule has 1 unspecified atom stereocenters. The number of carbonyl (C=O) groups is 2. The van der Waals surface area contributed by atoms with E-state index in [0.29, 0.717) is 6.42 Å². The second-order valence-corrected chi connectivity index (χ2v) is 4.13. The van der Waals surface area contributed by atoms with Gasteiger partial charge in [0.25, 0.3) is 0 Å². The van der Waals surface area contributed by atoms with Crippen molar-refractivity contribution in [2.45, 2.75) is 19.4 Å². The zero-order valence-electron chi connectivity index (χ0n) is 11.5. The molecular formula is C15H19NO4. The molecule has 1 rings (SSSR count). The summed E-state index contributed by atoms with van der Waals surface area (Å²) in [5, 5.41) is 0. The van der Waals surface area contributed by atoms with Crippen LogP contribution in [0.5, 0.6) is 0 Å². The van der Waals surface area contributed by atoms with Gasteiger partial charge in [-0.25, -0.2) is 4.79 Å². The molecule has 5 heteroatoms. The van der Waals surface area contributed by atoms with Crippen LogP contribution in [0.2, 0.25) is 0 Å². The lowest BCUT2D eigenvalue weighted by Crippen LogP contribution is -2.35. The Balaban J connectivity index is 2.23. The Bertz CT molecular complexity index is 456. The van der Waals surface area contributed by atoms with Crippen molar-refractivity contribution in [1.82, 2.24) is 0 Å². The fourth-order valence-electron chi connectivity index (χ4n) is 1.53. The number of nitrogens with two attached hydrogens (primary N) is 1. The van der Waals surface area contributed by atoms with Crippen molar-refractivity contribution in [1.29, 1.82) is 0 Å². The molecule has 0 aliphatic rings.